The molecule has 2 aliphatic rings. The molecular weight excluding hydrogens is 324 g/mol. The second kappa shape index (κ2) is 9.38. The van der Waals surface area contributed by atoms with Gasteiger partial charge in [-0.3, -0.25) is 9.89 Å². The lowest BCUT2D eigenvalue weighted by Crippen LogP contribution is -2.47. The van der Waals surface area contributed by atoms with Crippen LogP contribution in [0.4, 0.5) is 0 Å². The first-order valence-corrected chi connectivity index (χ1v) is 10.1. The van der Waals surface area contributed by atoms with Crippen molar-refractivity contribution in [3.8, 4) is 0 Å². The van der Waals surface area contributed by atoms with Gasteiger partial charge in [0.15, 0.2) is 5.96 Å². The fourth-order valence-electron chi connectivity index (χ4n) is 4.07. The molecule has 26 heavy (non-hydrogen) atoms. The predicted molar refractivity (Wildman–Crippen MR) is 108 cm³/mol. The third-order valence-corrected chi connectivity index (χ3v) is 5.25. The molecule has 3 rings (SSSR count). The van der Waals surface area contributed by atoms with Gasteiger partial charge in [-0.05, 0) is 52.1 Å². The highest BCUT2D eigenvalue weighted by molar-refractivity contribution is 5.79. The van der Waals surface area contributed by atoms with Crippen LogP contribution in [0.15, 0.2) is 23.2 Å². The van der Waals surface area contributed by atoms with Gasteiger partial charge in [0.05, 0.1) is 19.3 Å². The normalized spacial score (nSPS) is 23.7. The zero-order valence-corrected chi connectivity index (χ0v) is 16.6. The maximum absolute atomic E-state index is 6.02. The molecule has 0 spiro atoms. The summed E-state index contributed by atoms with van der Waals surface area (Å²) in [6, 6.07) is 7.40. The van der Waals surface area contributed by atoms with E-state index in [1.807, 2.05) is 0 Å². The first-order valence-electron chi connectivity index (χ1n) is 10.1. The van der Waals surface area contributed by atoms with Gasteiger partial charge in [0, 0.05) is 25.7 Å². The molecule has 2 fully saturated rings. The summed E-state index contributed by atoms with van der Waals surface area (Å²) >= 11 is 0. The summed E-state index contributed by atoms with van der Waals surface area (Å²) in [6.45, 7) is 12.0. The van der Waals surface area contributed by atoms with E-state index in [1.165, 1.54) is 36.1 Å². The van der Waals surface area contributed by atoms with Crippen molar-refractivity contribution >= 4 is 5.96 Å². The van der Waals surface area contributed by atoms with E-state index in [-0.39, 0.29) is 6.10 Å². The minimum atomic E-state index is 0.222. The summed E-state index contributed by atoms with van der Waals surface area (Å²) in [7, 11) is 0. The van der Waals surface area contributed by atoms with Crippen LogP contribution in [0, 0.1) is 13.8 Å². The van der Waals surface area contributed by atoms with Gasteiger partial charge in [0.2, 0.25) is 0 Å². The molecule has 144 valence electrons. The van der Waals surface area contributed by atoms with Gasteiger partial charge < -0.3 is 15.4 Å². The number of morpholine rings is 1. The van der Waals surface area contributed by atoms with Crippen LogP contribution in [0.2, 0.25) is 0 Å². The predicted octanol–water partition coefficient (Wildman–Crippen LogP) is 2.26. The van der Waals surface area contributed by atoms with Gasteiger partial charge in [-0.1, -0.05) is 29.3 Å². The highest BCUT2D eigenvalue weighted by Crippen LogP contribution is 2.22. The zero-order chi connectivity index (χ0) is 18.4. The van der Waals surface area contributed by atoms with Crippen molar-refractivity contribution in [3.05, 3.63) is 34.9 Å². The summed E-state index contributed by atoms with van der Waals surface area (Å²) in [4.78, 5) is 7.33. The fourth-order valence-corrected chi connectivity index (χ4v) is 4.07. The van der Waals surface area contributed by atoms with E-state index < -0.39 is 0 Å². The summed E-state index contributed by atoms with van der Waals surface area (Å²) in [5.74, 6) is 0.893. The molecule has 0 bridgehead atoms. The van der Waals surface area contributed by atoms with E-state index in [4.69, 9.17) is 9.73 Å². The van der Waals surface area contributed by atoms with Crippen LogP contribution >= 0.6 is 0 Å². The number of nitrogens with one attached hydrogen (secondary N) is 2. The van der Waals surface area contributed by atoms with E-state index in [2.05, 4.69) is 54.5 Å². The molecular formula is C21H34N4O. The van der Waals surface area contributed by atoms with Crippen molar-refractivity contribution in [1.29, 1.82) is 0 Å². The molecule has 2 saturated heterocycles. The number of aryl methyl sites for hydroxylation is 2. The van der Waals surface area contributed by atoms with E-state index >= 15 is 0 Å². The summed E-state index contributed by atoms with van der Waals surface area (Å²) < 4.78 is 6.02. The molecule has 1 aromatic rings. The number of hydrogen-bond donors (Lipinski definition) is 2. The van der Waals surface area contributed by atoms with E-state index in [0.717, 1.165) is 45.2 Å². The Labute approximate surface area is 158 Å². The van der Waals surface area contributed by atoms with Crippen LogP contribution in [0.25, 0.3) is 0 Å². The van der Waals surface area contributed by atoms with Crippen molar-refractivity contribution in [3.63, 3.8) is 0 Å². The van der Waals surface area contributed by atoms with Crippen LogP contribution in [-0.2, 0) is 11.2 Å². The van der Waals surface area contributed by atoms with Gasteiger partial charge in [-0.2, -0.15) is 0 Å². The largest absolute Gasteiger partial charge is 0.373 e. The summed E-state index contributed by atoms with van der Waals surface area (Å²) in [5, 5.41) is 6.81. The lowest BCUT2D eigenvalue weighted by Gasteiger charge is -2.34. The Morgan fingerprint density at radius 3 is 2.81 bits per heavy atom. The van der Waals surface area contributed by atoms with Crippen LogP contribution in [0.5, 0.6) is 0 Å². The number of ether oxygens (including phenoxy) is 1. The number of nitrogens with zero attached hydrogens (tertiary/aromatic N) is 2. The fraction of sp³-hybridized carbons (Fsp3) is 0.667. The summed E-state index contributed by atoms with van der Waals surface area (Å²) in [5.41, 5.74) is 4.03. The second-order valence-corrected chi connectivity index (χ2v) is 7.64. The third kappa shape index (κ3) is 5.45. The first kappa shape index (κ1) is 19.2. The molecule has 2 atom stereocenters. The van der Waals surface area contributed by atoms with Crippen molar-refractivity contribution in [2.24, 2.45) is 4.99 Å². The average molecular weight is 359 g/mol. The first-order chi connectivity index (χ1) is 12.6. The van der Waals surface area contributed by atoms with Gasteiger partial charge in [-0.15, -0.1) is 0 Å². The molecule has 1 aromatic carbocycles. The quantitative estimate of drug-likeness (QED) is 0.605. The maximum Gasteiger partial charge on any atom is 0.191 e. The van der Waals surface area contributed by atoms with Crippen LogP contribution < -0.4 is 10.6 Å². The highest BCUT2D eigenvalue weighted by atomic mass is 16.5. The molecule has 0 aromatic heterocycles. The van der Waals surface area contributed by atoms with Gasteiger partial charge in [0.1, 0.15) is 0 Å². The van der Waals surface area contributed by atoms with E-state index in [0.29, 0.717) is 6.04 Å². The number of aliphatic imine (C=N–C) groups is 1. The Hall–Kier alpha value is -1.59. The van der Waals surface area contributed by atoms with E-state index in [9.17, 15) is 0 Å². The Bertz CT molecular complexity index is 596. The Morgan fingerprint density at radius 2 is 2.04 bits per heavy atom. The Kier molecular flexibility index (Phi) is 6.92. The number of hydrogen-bond acceptors (Lipinski definition) is 3. The smallest absolute Gasteiger partial charge is 0.191 e. The molecule has 2 aliphatic heterocycles. The third-order valence-electron chi connectivity index (χ3n) is 5.25. The molecule has 0 saturated carbocycles. The average Bonchev–Trinajstić information content (AvgIpc) is 3.06. The Morgan fingerprint density at radius 1 is 1.23 bits per heavy atom. The van der Waals surface area contributed by atoms with Crippen molar-refractivity contribution in [2.75, 3.05) is 39.3 Å². The van der Waals surface area contributed by atoms with Crippen molar-refractivity contribution in [2.45, 2.75) is 52.2 Å². The molecule has 0 amide bonds. The Balaban J connectivity index is 1.47. The molecule has 0 radical (unpaired) electrons. The number of benzene rings is 1. The molecule has 5 nitrogen and oxygen atoms in total. The van der Waals surface area contributed by atoms with Gasteiger partial charge in [-0.25, -0.2) is 0 Å². The highest BCUT2D eigenvalue weighted by Gasteiger charge is 2.31. The van der Waals surface area contributed by atoms with Crippen LogP contribution in [-0.4, -0.2) is 62.3 Å². The van der Waals surface area contributed by atoms with Gasteiger partial charge in [0.25, 0.3) is 0 Å². The number of rotatable bonds is 6. The number of fused-ring (bicyclic) bond motifs is 1. The molecule has 5 heteroatoms. The van der Waals surface area contributed by atoms with Crippen molar-refractivity contribution in [1.82, 2.24) is 15.5 Å². The molecule has 0 aliphatic carbocycles. The molecule has 2 unspecified atom stereocenters. The number of guanidine groups is 1. The summed E-state index contributed by atoms with van der Waals surface area (Å²) in [6.07, 6.45) is 3.83. The SMILES string of the molecule is CCNC(=NCC1CN2CCCC2CO1)NCCc1cc(C)cc(C)c1. The molecule has 2 heterocycles. The second-order valence-electron chi connectivity index (χ2n) is 7.64. The minimum Gasteiger partial charge on any atom is -0.373 e. The molecule has 2 N–H and O–H groups in total. The van der Waals surface area contributed by atoms with Crippen molar-refractivity contribution < 1.29 is 4.74 Å². The van der Waals surface area contributed by atoms with Crippen LogP contribution in [0.1, 0.15) is 36.5 Å². The lowest BCUT2D eigenvalue weighted by atomic mass is 10.1. The standard InChI is InChI=1S/C21H34N4O/c1-4-22-21(23-8-7-18-11-16(2)10-17(3)12-18)24-13-20-14-25-9-5-6-19(25)15-26-20/h10-12,19-20H,4-9,13-15H2,1-3H3,(H2,22,23,24). The lowest BCUT2D eigenvalue weighted by molar-refractivity contribution is -0.0432. The monoisotopic (exact) mass is 358 g/mol. The zero-order valence-electron chi connectivity index (χ0n) is 16.6. The topological polar surface area (TPSA) is 48.9 Å². The maximum atomic E-state index is 6.02. The van der Waals surface area contributed by atoms with E-state index in [1.54, 1.807) is 0 Å². The van der Waals surface area contributed by atoms with Crippen LogP contribution in [0.3, 0.4) is 0 Å². The minimum absolute atomic E-state index is 0.222. The van der Waals surface area contributed by atoms with Gasteiger partial charge >= 0.3 is 0 Å².